The third-order valence-electron chi connectivity index (χ3n) is 13.6. The summed E-state index contributed by atoms with van der Waals surface area (Å²) >= 11 is 0. The number of aryl methyl sites for hydroxylation is 3. The highest BCUT2D eigenvalue weighted by molar-refractivity contribution is 7.90. The molecule has 77 heavy (non-hydrogen) atoms. The molecule has 0 bridgehead atoms. The normalized spacial score (nSPS) is 13.7. The number of nitrogens with two attached hydrogens (primary N) is 1. The van der Waals surface area contributed by atoms with Crippen molar-refractivity contribution in [3.63, 3.8) is 0 Å². The van der Waals surface area contributed by atoms with Crippen molar-refractivity contribution in [1.29, 1.82) is 0 Å². The van der Waals surface area contributed by atoms with E-state index in [-0.39, 0.29) is 51.7 Å². The molecule has 0 saturated carbocycles. The Morgan fingerprint density at radius 2 is 1.21 bits per heavy atom. The lowest BCUT2D eigenvalue weighted by molar-refractivity contribution is 0.0975. The average Bonchev–Trinajstić information content (AvgIpc) is 4.19. The van der Waals surface area contributed by atoms with E-state index in [0.29, 0.717) is 56.2 Å². The molecule has 0 aliphatic carbocycles. The number of ether oxygens (including phenoxy) is 2. The number of hydrogen-bond donors (Lipinski definition) is 6. The molecule has 394 valence electrons. The number of nitrogens with one attached hydrogen (secondary N) is 3. The maximum Gasteiger partial charge on any atom is 0.213 e. The number of aliphatic hydroxyl groups is 2. The standard InChI is InChI=1S/C58H51F3N6O8S2/c1-33-17-18-45-34(2)53(46(59)26-39(45)21-33)74-43-15-7-11-37(24-43)55-64-29-49(66-55)57(3,68)41-13-5-9-35(22-41)19-20-76(70,71)32-40-28-63-48-27-47(60)54(52(61)51(40)48)75-44-16-8-12-38(25-44)56-65-30-50(67-56)58(4,69)42-14-6-10-36(23-42)31-77(62,72)73/h5-18,21-30,63,68-69H,19-20,31-32H2,1-4H3,(H,64,66)(H,65,67)(H2,62,72,73). The van der Waals surface area contributed by atoms with E-state index in [2.05, 4.69) is 24.9 Å². The number of halogens is 3. The minimum Gasteiger partial charge on any atom is -0.454 e. The minimum atomic E-state index is -3.92. The van der Waals surface area contributed by atoms with Gasteiger partial charge in [-0.2, -0.15) is 0 Å². The van der Waals surface area contributed by atoms with Gasteiger partial charge >= 0.3 is 0 Å². The van der Waals surface area contributed by atoms with Gasteiger partial charge in [0.25, 0.3) is 0 Å². The highest BCUT2D eigenvalue weighted by Crippen LogP contribution is 2.39. The van der Waals surface area contributed by atoms with Gasteiger partial charge in [-0.15, -0.1) is 0 Å². The number of aromatic nitrogens is 5. The number of aromatic amines is 3. The molecule has 7 aromatic carbocycles. The van der Waals surface area contributed by atoms with Gasteiger partial charge in [0, 0.05) is 34.3 Å². The monoisotopic (exact) mass is 1080 g/mol. The average molecular weight is 1080 g/mol. The van der Waals surface area contributed by atoms with Crippen molar-refractivity contribution in [1.82, 2.24) is 24.9 Å². The van der Waals surface area contributed by atoms with Crippen LogP contribution in [0.3, 0.4) is 0 Å². The first-order valence-electron chi connectivity index (χ1n) is 24.2. The van der Waals surface area contributed by atoms with Gasteiger partial charge < -0.3 is 34.6 Å². The Morgan fingerprint density at radius 1 is 0.649 bits per heavy atom. The lowest BCUT2D eigenvalue weighted by Crippen LogP contribution is -2.24. The summed E-state index contributed by atoms with van der Waals surface area (Å²) in [5, 5.41) is 30.2. The SMILES string of the molecule is Cc1ccc2c(C)c(Oc3cccc(-c4ncc(C(C)(O)c5cccc(CCS(=O)(=O)Cc6c[nH]c7cc(F)c(Oc8cccc(-c9ncc(C(C)(O)c%10cccc(CS(N)(=O)=O)c%10)[nH]9)c8)c(F)c67)c5)[nH]4)c3)c(F)cc2c1. The molecular formula is C58H51F3N6O8S2. The van der Waals surface area contributed by atoms with E-state index in [1.165, 1.54) is 49.8 Å². The highest BCUT2D eigenvalue weighted by Gasteiger charge is 2.31. The fourth-order valence-corrected chi connectivity index (χ4v) is 11.5. The van der Waals surface area contributed by atoms with Crippen molar-refractivity contribution in [2.75, 3.05) is 5.75 Å². The smallest absolute Gasteiger partial charge is 0.213 e. The molecule has 0 fully saturated rings. The molecule has 0 radical (unpaired) electrons. The fourth-order valence-electron chi connectivity index (χ4n) is 9.44. The van der Waals surface area contributed by atoms with E-state index in [1.54, 1.807) is 85.8 Å². The lowest BCUT2D eigenvalue weighted by Gasteiger charge is -2.23. The Bertz CT molecular complexity index is 4150. The molecule has 2 unspecified atom stereocenters. The predicted octanol–water partition coefficient (Wildman–Crippen LogP) is 11.2. The fraction of sp³-hybridized carbons (Fsp3) is 0.172. The first kappa shape index (κ1) is 52.4. The van der Waals surface area contributed by atoms with E-state index >= 15 is 13.2 Å². The van der Waals surface area contributed by atoms with Crippen LogP contribution >= 0.6 is 0 Å². The molecule has 10 rings (SSSR count). The molecule has 14 nitrogen and oxygen atoms in total. The van der Waals surface area contributed by atoms with Crippen molar-refractivity contribution in [2.24, 2.45) is 5.14 Å². The zero-order valence-corrected chi connectivity index (χ0v) is 43.6. The minimum absolute atomic E-state index is 0.0242. The van der Waals surface area contributed by atoms with Crippen LogP contribution in [-0.4, -0.2) is 57.7 Å². The quantitative estimate of drug-likeness (QED) is 0.0506. The molecule has 0 aliphatic rings. The third kappa shape index (κ3) is 11.0. The van der Waals surface area contributed by atoms with Crippen molar-refractivity contribution in [3.8, 4) is 45.8 Å². The molecule has 10 aromatic rings. The second kappa shape index (κ2) is 20.1. The predicted molar refractivity (Wildman–Crippen MR) is 288 cm³/mol. The van der Waals surface area contributed by atoms with Crippen molar-refractivity contribution in [3.05, 3.63) is 214 Å². The molecule has 0 aliphatic heterocycles. The van der Waals surface area contributed by atoms with Crippen LogP contribution in [0.15, 0.2) is 146 Å². The van der Waals surface area contributed by atoms with Crippen LogP contribution in [0.1, 0.15) is 64.2 Å². The number of primary sulfonamides is 1. The van der Waals surface area contributed by atoms with Crippen LogP contribution in [0.5, 0.6) is 23.0 Å². The van der Waals surface area contributed by atoms with Gasteiger partial charge in [-0.25, -0.2) is 45.1 Å². The number of rotatable bonds is 17. The maximum atomic E-state index is 16.4. The van der Waals surface area contributed by atoms with Crippen LogP contribution in [-0.2, 0) is 49.0 Å². The number of H-pyrrole nitrogens is 3. The van der Waals surface area contributed by atoms with Gasteiger partial charge in [-0.05, 0) is 103 Å². The molecule has 19 heteroatoms. The lowest BCUT2D eigenvalue weighted by atomic mass is 9.91. The highest BCUT2D eigenvalue weighted by atomic mass is 32.2. The third-order valence-corrected chi connectivity index (χ3v) is 15.9. The van der Waals surface area contributed by atoms with Crippen LogP contribution in [0.25, 0.3) is 44.5 Å². The van der Waals surface area contributed by atoms with Crippen molar-refractivity contribution in [2.45, 2.75) is 56.8 Å². The summed E-state index contributed by atoms with van der Waals surface area (Å²) in [6.45, 7) is 6.86. The number of hydrogen-bond acceptors (Lipinski definition) is 10. The van der Waals surface area contributed by atoms with E-state index in [1.807, 2.05) is 32.0 Å². The zero-order valence-electron chi connectivity index (χ0n) is 42.0. The number of nitrogens with zero attached hydrogens (tertiary/aromatic N) is 2. The molecule has 0 saturated heterocycles. The Kier molecular flexibility index (Phi) is 13.7. The Hall–Kier alpha value is -8.07. The van der Waals surface area contributed by atoms with Crippen LogP contribution in [0.2, 0.25) is 0 Å². The summed E-state index contributed by atoms with van der Waals surface area (Å²) in [7, 11) is -7.75. The van der Waals surface area contributed by atoms with Gasteiger partial charge in [0.15, 0.2) is 38.8 Å². The van der Waals surface area contributed by atoms with E-state index < -0.39 is 65.8 Å². The van der Waals surface area contributed by atoms with Gasteiger partial charge in [-0.3, -0.25) is 0 Å². The number of fused-ring (bicyclic) bond motifs is 2. The van der Waals surface area contributed by atoms with Crippen molar-refractivity contribution >= 4 is 41.5 Å². The second-order valence-corrected chi connectivity index (χ2v) is 23.3. The summed E-state index contributed by atoms with van der Waals surface area (Å²) in [5.74, 6) is -3.53. The summed E-state index contributed by atoms with van der Waals surface area (Å²) in [4.78, 5) is 18.0. The second-order valence-electron chi connectivity index (χ2n) is 19.5. The maximum absolute atomic E-state index is 16.4. The molecule has 3 heterocycles. The summed E-state index contributed by atoms with van der Waals surface area (Å²) in [5.41, 5.74) is 2.02. The van der Waals surface area contributed by atoms with Gasteiger partial charge in [0.05, 0.1) is 46.6 Å². The molecule has 7 N–H and O–H groups in total. The number of sulfonamides is 1. The number of sulfone groups is 1. The van der Waals surface area contributed by atoms with E-state index in [4.69, 9.17) is 14.6 Å². The van der Waals surface area contributed by atoms with Gasteiger partial charge in [-0.1, -0.05) is 96.6 Å². The summed E-state index contributed by atoms with van der Waals surface area (Å²) < 4.78 is 110. The molecule has 0 amide bonds. The van der Waals surface area contributed by atoms with E-state index in [0.717, 1.165) is 22.4 Å². The van der Waals surface area contributed by atoms with Crippen LogP contribution in [0, 0.1) is 31.3 Å². The summed E-state index contributed by atoms with van der Waals surface area (Å²) in [6.07, 6.45) is 4.29. The Balaban J connectivity index is 0.808. The molecule has 3 aromatic heterocycles. The zero-order chi connectivity index (χ0) is 54.6. The van der Waals surface area contributed by atoms with Crippen LogP contribution in [0.4, 0.5) is 13.2 Å². The first-order chi connectivity index (χ1) is 36.5. The molecular weight excluding hydrogens is 1030 g/mol. The molecule has 2 atom stereocenters. The molecule has 0 spiro atoms. The topological polar surface area (TPSA) is 226 Å². The largest absolute Gasteiger partial charge is 0.454 e. The van der Waals surface area contributed by atoms with Crippen molar-refractivity contribution < 1.29 is 49.7 Å². The van der Waals surface area contributed by atoms with Gasteiger partial charge in [0.2, 0.25) is 10.0 Å². The summed E-state index contributed by atoms with van der Waals surface area (Å²) in [6, 6.07) is 34.7. The number of imidazole rings is 2. The Morgan fingerprint density at radius 3 is 1.82 bits per heavy atom. The Labute approximate surface area is 441 Å². The number of benzene rings is 7. The van der Waals surface area contributed by atoms with Crippen LogP contribution < -0.4 is 14.6 Å². The van der Waals surface area contributed by atoms with Gasteiger partial charge in [0.1, 0.15) is 34.3 Å². The first-order valence-corrected chi connectivity index (χ1v) is 27.7. The van der Waals surface area contributed by atoms with E-state index in [9.17, 15) is 27.0 Å².